The number of rotatable bonds is 19. The molecule has 0 spiro atoms. The van der Waals surface area contributed by atoms with E-state index in [9.17, 15) is 24.0 Å². The van der Waals surface area contributed by atoms with Crippen molar-refractivity contribution < 1.29 is 33.8 Å². The van der Waals surface area contributed by atoms with Gasteiger partial charge in [0.15, 0.2) is 0 Å². The molecule has 0 saturated carbocycles. The molecule has 0 aromatic heterocycles. The number of nitrogens with two attached hydrogens (primary N) is 1. The number of ketones is 1. The second-order valence-corrected chi connectivity index (χ2v) is 14.6. The zero-order valence-electron chi connectivity index (χ0n) is 28.6. The summed E-state index contributed by atoms with van der Waals surface area (Å²) >= 11 is 0.401. The SMILES string of the molecule is C=CCNC(=O)C(=O)C(CC=C)NC(=O)[C@@H]1[C@@H](C=C)CCN1C(=O)[C@@H](NC(=O)N[C@H](C[NH2+]CCCC[SH+]O)C(C)(C)C)C(C)(C)C. The fraction of sp³-hybridized carbons (Fsp3) is 0.667. The molecule has 1 aliphatic rings. The van der Waals surface area contributed by atoms with Crippen molar-refractivity contribution in [3.8, 4) is 0 Å². The summed E-state index contributed by atoms with van der Waals surface area (Å²) in [6, 6.07) is -3.80. The standard InChI is InChI=1S/C33H56N6O6S/c1-10-15-23(26(40)29(42)35-17-11-2)36-28(41)25-22(12-3)16-19-39(25)30(43)27(33(7,8)9)38-31(44)37-24(32(4,5)6)21-34-18-13-14-20-46-45/h10-12,22-25,27,34,45H,1-3,13-21H2,4-9H3,(H,35,42)(H,36,41)(H2,37,38,44)/p+2/t22-,23?,24+,25-,27+/m0/s1. The first-order chi connectivity index (χ1) is 21.5. The largest absolute Gasteiger partial charge is 0.346 e. The van der Waals surface area contributed by atoms with Crippen LogP contribution in [0.2, 0.25) is 0 Å². The predicted molar refractivity (Wildman–Crippen MR) is 184 cm³/mol. The van der Waals surface area contributed by atoms with Crippen LogP contribution >= 0.6 is 0 Å². The Morgan fingerprint density at radius 3 is 2.20 bits per heavy atom. The number of Topliss-reactive ketones (excluding diaryl/α,β-unsaturated/α-hetero) is 1. The van der Waals surface area contributed by atoms with E-state index in [0.717, 1.165) is 25.1 Å². The molecule has 0 radical (unpaired) electrons. The number of hydrogen-bond donors (Lipinski definition) is 6. The highest BCUT2D eigenvalue weighted by atomic mass is 32.2. The maximum atomic E-state index is 14.1. The maximum Gasteiger partial charge on any atom is 0.315 e. The van der Waals surface area contributed by atoms with Crippen LogP contribution in [0.5, 0.6) is 0 Å². The average Bonchev–Trinajstić information content (AvgIpc) is 3.42. The first-order valence-corrected chi connectivity index (χ1v) is 17.0. The van der Waals surface area contributed by atoms with Gasteiger partial charge < -0.3 is 31.5 Å². The van der Waals surface area contributed by atoms with E-state index in [4.69, 9.17) is 4.55 Å². The zero-order valence-corrected chi connectivity index (χ0v) is 29.5. The molecule has 260 valence electrons. The zero-order chi connectivity index (χ0) is 35.1. The van der Waals surface area contributed by atoms with Crippen molar-refractivity contribution in [3.05, 3.63) is 38.0 Å². The number of carbonyl (C=O) groups is 5. The van der Waals surface area contributed by atoms with Crippen LogP contribution in [-0.2, 0) is 31.2 Å². The van der Waals surface area contributed by atoms with Gasteiger partial charge in [0.25, 0.3) is 5.91 Å². The lowest BCUT2D eigenvalue weighted by Crippen LogP contribution is -2.88. The number of quaternary nitrogens is 1. The molecule has 1 rings (SSSR count). The maximum absolute atomic E-state index is 14.1. The van der Waals surface area contributed by atoms with E-state index >= 15 is 0 Å². The van der Waals surface area contributed by atoms with Crippen molar-refractivity contribution in [2.24, 2.45) is 16.7 Å². The van der Waals surface area contributed by atoms with Gasteiger partial charge in [-0.25, -0.2) is 4.79 Å². The molecule has 46 heavy (non-hydrogen) atoms. The van der Waals surface area contributed by atoms with E-state index in [1.54, 1.807) is 6.08 Å². The van der Waals surface area contributed by atoms with Gasteiger partial charge in [-0.15, -0.1) is 19.7 Å². The van der Waals surface area contributed by atoms with Crippen molar-refractivity contribution in [2.45, 2.75) is 91.4 Å². The third-order valence-electron chi connectivity index (χ3n) is 8.02. The number of nitrogens with one attached hydrogen (secondary N) is 4. The molecular weight excluding hydrogens is 608 g/mol. The fourth-order valence-electron chi connectivity index (χ4n) is 5.24. The highest BCUT2D eigenvalue weighted by Crippen LogP contribution is 2.30. The van der Waals surface area contributed by atoms with Gasteiger partial charge >= 0.3 is 6.03 Å². The number of unbranched alkanes of at least 4 members (excludes halogenated alkanes) is 1. The Labute approximate surface area is 279 Å². The van der Waals surface area contributed by atoms with Crippen LogP contribution in [0.3, 0.4) is 0 Å². The topological polar surface area (TPSA) is 174 Å². The van der Waals surface area contributed by atoms with Gasteiger partial charge in [0.05, 0.1) is 19.1 Å². The highest BCUT2D eigenvalue weighted by Gasteiger charge is 2.46. The van der Waals surface area contributed by atoms with Gasteiger partial charge in [0.1, 0.15) is 35.9 Å². The summed E-state index contributed by atoms with van der Waals surface area (Å²) < 4.78 is 8.96. The van der Waals surface area contributed by atoms with E-state index in [1.165, 1.54) is 17.1 Å². The van der Waals surface area contributed by atoms with Crippen molar-refractivity contribution in [3.63, 3.8) is 0 Å². The van der Waals surface area contributed by atoms with Crippen LogP contribution in [0.1, 0.15) is 67.2 Å². The Morgan fingerprint density at radius 2 is 1.65 bits per heavy atom. The van der Waals surface area contributed by atoms with Crippen LogP contribution in [0.15, 0.2) is 38.0 Å². The Morgan fingerprint density at radius 1 is 0.978 bits per heavy atom. The lowest BCUT2D eigenvalue weighted by molar-refractivity contribution is -0.658. The summed E-state index contributed by atoms with van der Waals surface area (Å²) in [7, 11) is 0. The lowest BCUT2D eigenvalue weighted by atomic mass is 9.85. The van der Waals surface area contributed by atoms with Crippen LogP contribution in [0, 0.1) is 16.7 Å². The molecule has 1 fully saturated rings. The average molecular weight is 667 g/mol. The number of amides is 5. The Bertz CT molecular complexity index is 1090. The van der Waals surface area contributed by atoms with Crippen molar-refractivity contribution in [2.75, 3.05) is 31.9 Å². The summed E-state index contributed by atoms with van der Waals surface area (Å²) in [5, 5.41) is 13.2. The number of nitrogens with zero attached hydrogens (tertiary/aromatic N) is 1. The molecular formula is C33H58N6O6S+2. The molecule has 0 aromatic rings. The second-order valence-electron chi connectivity index (χ2n) is 13.8. The Balaban J connectivity index is 3.15. The number of hydrogen-bond acceptors (Lipinski definition) is 6. The smallest absolute Gasteiger partial charge is 0.315 e. The molecule has 1 aliphatic heterocycles. The first-order valence-electron chi connectivity index (χ1n) is 16.0. The molecule has 5 amide bonds. The van der Waals surface area contributed by atoms with Gasteiger partial charge in [0, 0.05) is 31.8 Å². The molecule has 0 bridgehead atoms. The Kier molecular flexibility index (Phi) is 17.3. The molecule has 0 aromatic carbocycles. The summed E-state index contributed by atoms with van der Waals surface area (Å²) in [6.45, 7) is 24.5. The minimum atomic E-state index is -1.17. The van der Waals surface area contributed by atoms with Crippen LogP contribution < -0.4 is 26.6 Å². The van der Waals surface area contributed by atoms with E-state index in [1.807, 2.05) is 41.5 Å². The van der Waals surface area contributed by atoms with E-state index < -0.39 is 59.0 Å². The third-order valence-corrected chi connectivity index (χ3v) is 8.54. The number of carbonyl (C=O) groups excluding carboxylic acids is 5. The fourth-order valence-corrected chi connectivity index (χ4v) is 5.61. The molecule has 0 aliphatic carbocycles. The predicted octanol–water partition coefficient (Wildman–Crippen LogP) is 1.08. The molecule has 1 saturated heterocycles. The second kappa shape index (κ2) is 19.5. The van der Waals surface area contributed by atoms with Crippen molar-refractivity contribution >= 4 is 41.6 Å². The summed E-state index contributed by atoms with van der Waals surface area (Å²) in [5.41, 5.74) is -0.961. The van der Waals surface area contributed by atoms with Gasteiger partial charge in [-0.3, -0.25) is 19.2 Å². The first kappa shape index (κ1) is 40.9. The van der Waals surface area contributed by atoms with Gasteiger partial charge in [0.2, 0.25) is 17.6 Å². The minimum Gasteiger partial charge on any atom is -0.346 e. The van der Waals surface area contributed by atoms with Gasteiger partial charge in [-0.05, 0) is 23.7 Å². The lowest BCUT2D eigenvalue weighted by Gasteiger charge is -2.37. The third kappa shape index (κ3) is 12.9. The van der Waals surface area contributed by atoms with Gasteiger partial charge in [-0.2, -0.15) is 4.55 Å². The number of thiol groups is 1. The van der Waals surface area contributed by atoms with Crippen molar-refractivity contribution in [1.82, 2.24) is 26.2 Å². The monoisotopic (exact) mass is 666 g/mol. The molecule has 5 atom stereocenters. The number of likely N-dealkylation sites (tertiary alicyclic amines) is 1. The summed E-state index contributed by atoms with van der Waals surface area (Å²) in [4.78, 5) is 67.8. The molecule has 7 N–H and O–H groups in total. The number of urea groups is 1. The van der Waals surface area contributed by atoms with Crippen LogP contribution in [0.4, 0.5) is 4.79 Å². The van der Waals surface area contributed by atoms with E-state index in [-0.39, 0.29) is 31.0 Å². The highest BCUT2D eigenvalue weighted by molar-refractivity contribution is 7.72. The molecule has 13 heteroatoms. The molecule has 1 unspecified atom stereocenters. The quantitative estimate of drug-likeness (QED) is 0.0396. The van der Waals surface area contributed by atoms with E-state index in [2.05, 4.69) is 46.3 Å². The van der Waals surface area contributed by atoms with Gasteiger partial charge in [-0.1, -0.05) is 59.8 Å². The molecule has 12 nitrogen and oxygen atoms in total. The molecule has 1 heterocycles. The minimum absolute atomic E-state index is 0.0204. The normalized spacial score (nSPS) is 18.5. The summed E-state index contributed by atoms with van der Waals surface area (Å²) in [6.07, 6.45) is 6.85. The summed E-state index contributed by atoms with van der Waals surface area (Å²) in [5.74, 6) is -2.36. The van der Waals surface area contributed by atoms with Crippen LogP contribution in [0.25, 0.3) is 0 Å². The Hall–Kier alpha value is -3.16. The van der Waals surface area contributed by atoms with Crippen LogP contribution in [-0.4, -0.2) is 95.1 Å². The van der Waals surface area contributed by atoms with E-state index in [0.29, 0.717) is 25.0 Å². The van der Waals surface area contributed by atoms with Crippen molar-refractivity contribution in [1.29, 1.82) is 0 Å².